The first kappa shape index (κ1) is 14.4. The normalized spacial score (nSPS) is 11.5. The maximum Gasteiger partial charge on any atom is 1.00 e. The average Bonchev–Trinajstić information content (AvgIpc) is 2.73. The van der Waals surface area contributed by atoms with Gasteiger partial charge in [0.1, 0.15) is 5.58 Å². The van der Waals surface area contributed by atoms with Gasteiger partial charge in [0.25, 0.3) is 0 Å². The molecule has 0 saturated carbocycles. The maximum absolute atomic E-state index is 5.34. The van der Waals surface area contributed by atoms with Crippen LogP contribution in [-0.4, -0.2) is 6.54 Å². The second kappa shape index (κ2) is 5.79. The standard InChI is InChI=1S/C14H18NO.Ru/c1-4-15-10-14(2,3)12-5-6-13-11(9-12)7-8-16-13;/h5-10,15H,4H2,1-3H3;/q-1;+1. The molecular weight excluding hydrogens is 299 g/mol. The van der Waals surface area contributed by atoms with Gasteiger partial charge in [-0.05, 0) is 24.7 Å². The van der Waals surface area contributed by atoms with E-state index in [1.165, 1.54) is 5.56 Å². The Kier molecular flexibility index (Phi) is 4.91. The molecule has 0 bridgehead atoms. The first-order valence-corrected chi connectivity index (χ1v) is 5.69. The number of hydrogen-bond donors (Lipinski definition) is 1. The molecular formula is C14H18NORu. The second-order valence-corrected chi connectivity index (χ2v) is 4.60. The number of furan rings is 1. The van der Waals surface area contributed by atoms with Gasteiger partial charge in [0, 0.05) is 5.39 Å². The molecule has 0 amide bonds. The van der Waals surface area contributed by atoms with Crippen molar-refractivity contribution in [2.24, 2.45) is 0 Å². The van der Waals surface area contributed by atoms with Gasteiger partial charge >= 0.3 is 19.5 Å². The molecule has 0 unspecified atom stereocenters. The first-order valence-electron chi connectivity index (χ1n) is 5.69. The summed E-state index contributed by atoms with van der Waals surface area (Å²) in [5, 5.41) is 4.44. The summed E-state index contributed by atoms with van der Waals surface area (Å²) in [6, 6.07) is 8.35. The third-order valence-corrected chi connectivity index (χ3v) is 2.86. The van der Waals surface area contributed by atoms with Crippen LogP contribution in [0.15, 0.2) is 34.9 Å². The van der Waals surface area contributed by atoms with Crippen LogP contribution in [0.2, 0.25) is 0 Å². The third kappa shape index (κ3) is 3.17. The van der Waals surface area contributed by atoms with E-state index < -0.39 is 0 Å². The van der Waals surface area contributed by atoms with Gasteiger partial charge in [-0.25, -0.2) is 0 Å². The van der Waals surface area contributed by atoms with Crippen molar-refractivity contribution < 1.29 is 23.9 Å². The van der Waals surface area contributed by atoms with Gasteiger partial charge in [0.2, 0.25) is 0 Å². The zero-order valence-corrected chi connectivity index (χ0v) is 12.2. The van der Waals surface area contributed by atoms with Crippen LogP contribution in [-0.2, 0) is 24.9 Å². The number of hydrogen-bond acceptors (Lipinski definition) is 2. The van der Waals surface area contributed by atoms with Crippen LogP contribution in [0, 0.1) is 6.54 Å². The molecule has 0 spiro atoms. The summed E-state index contributed by atoms with van der Waals surface area (Å²) in [6.07, 6.45) is 1.73. The predicted molar refractivity (Wildman–Crippen MR) is 67.2 cm³/mol. The van der Waals surface area contributed by atoms with Crippen molar-refractivity contribution in [3.8, 4) is 0 Å². The minimum atomic E-state index is 0. The number of nitrogens with one attached hydrogen (secondary N) is 1. The number of likely N-dealkylation sites (N-methyl/N-ethyl adjacent to an activating group) is 1. The molecule has 2 aromatic rings. The quantitative estimate of drug-likeness (QED) is 0.690. The number of fused-ring (bicyclic) bond motifs is 1. The minimum Gasteiger partial charge on any atom is -0.469 e. The van der Waals surface area contributed by atoms with E-state index in [4.69, 9.17) is 4.42 Å². The molecule has 2 rings (SSSR count). The molecule has 0 aliphatic rings. The minimum absolute atomic E-state index is 0. The van der Waals surface area contributed by atoms with Gasteiger partial charge in [-0.15, -0.1) is 5.41 Å². The van der Waals surface area contributed by atoms with Crippen molar-refractivity contribution in [3.05, 3.63) is 42.6 Å². The summed E-state index contributed by atoms with van der Waals surface area (Å²) in [5.74, 6) is 0. The zero-order chi connectivity index (χ0) is 11.6. The van der Waals surface area contributed by atoms with Gasteiger partial charge in [-0.1, -0.05) is 32.4 Å². The second-order valence-electron chi connectivity index (χ2n) is 4.60. The van der Waals surface area contributed by atoms with Gasteiger partial charge < -0.3 is 9.73 Å². The molecule has 0 saturated heterocycles. The molecule has 3 heteroatoms. The van der Waals surface area contributed by atoms with Crippen molar-refractivity contribution in [2.45, 2.75) is 26.2 Å². The monoisotopic (exact) mass is 318 g/mol. The van der Waals surface area contributed by atoms with E-state index in [0.717, 1.165) is 17.5 Å². The van der Waals surface area contributed by atoms with Crippen LogP contribution in [0.25, 0.3) is 11.0 Å². The molecule has 0 fully saturated rings. The molecule has 0 atom stereocenters. The molecule has 1 aromatic heterocycles. The van der Waals surface area contributed by atoms with Gasteiger partial charge in [-0.3, -0.25) is 6.54 Å². The topological polar surface area (TPSA) is 25.2 Å². The fourth-order valence-corrected chi connectivity index (χ4v) is 1.81. The molecule has 93 valence electrons. The van der Waals surface area contributed by atoms with Crippen molar-refractivity contribution in [1.29, 1.82) is 0 Å². The van der Waals surface area contributed by atoms with Crippen molar-refractivity contribution in [1.82, 2.24) is 5.32 Å². The molecule has 2 nitrogen and oxygen atoms in total. The van der Waals surface area contributed by atoms with Gasteiger partial charge in [-0.2, -0.15) is 0 Å². The Morgan fingerprint density at radius 2 is 2.06 bits per heavy atom. The van der Waals surface area contributed by atoms with Crippen LogP contribution >= 0.6 is 0 Å². The van der Waals surface area contributed by atoms with E-state index >= 15 is 0 Å². The Bertz CT molecular complexity index is 476. The number of benzene rings is 1. The van der Waals surface area contributed by atoms with Crippen LogP contribution < -0.4 is 5.32 Å². The smallest absolute Gasteiger partial charge is 0.469 e. The summed E-state index contributed by atoms with van der Waals surface area (Å²) < 4.78 is 5.34. The number of rotatable bonds is 4. The Morgan fingerprint density at radius 1 is 1.29 bits per heavy atom. The fourth-order valence-electron chi connectivity index (χ4n) is 1.81. The van der Waals surface area contributed by atoms with Crippen LogP contribution in [0.1, 0.15) is 26.3 Å². The molecule has 17 heavy (non-hydrogen) atoms. The van der Waals surface area contributed by atoms with Crippen molar-refractivity contribution in [3.63, 3.8) is 0 Å². The summed E-state index contributed by atoms with van der Waals surface area (Å²) in [4.78, 5) is 0. The van der Waals surface area contributed by atoms with Gasteiger partial charge in [0.15, 0.2) is 0 Å². The Balaban J connectivity index is 0.00000144. The van der Waals surface area contributed by atoms with E-state index in [0.29, 0.717) is 0 Å². The summed E-state index contributed by atoms with van der Waals surface area (Å²) >= 11 is 0. The zero-order valence-electron chi connectivity index (χ0n) is 10.4. The van der Waals surface area contributed by atoms with Crippen LogP contribution in [0.3, 0.4) is 0 Å². The van der Waals surface area contributed by atoms with Crippen molar-refractivity contribution in [2.75, 3.05) is 6.54 Å². The molecule has 0 aliphatic heterocycles. The molecule has 1 radical (unpaired) electrons. The fraction of sp³-hybridized carbons (Fsp3) is 0.357. The van der Waals surface area contributed by atoms with E-state index in [2.05, 4.69) is 44.8 Å². The Hall–Kier alpha value is -0.657. The predicted octanol–water partition coefficient (Wildman–Crippen LogP) is 3.48. The third-order valence-electron chi connectivity index (χ3n) is 2.86. The van der Waals surface area contributed by atoms with E-state index in [1.54, 1.807) is 6.26 Å². The van der Waals surface area contributed by atoms with Crippen molar-refractivity contribution >= 4 is 11.0 Å². The van der Waals surface area contributed by atoms with Crippen LogP contribution in [0.5, 0.6) is 0 Å². The molecule has 1 aromatic carbocycles. The van der Waals surface area contributed by atoms with E-state index in [1.807, 2.05) is 12.1 Å². The van der Waals surface area contributed by atoms with E-state index in [9.17, 15) is 0 Å². The first-order chi connectivity index (χ1) is 7.63. The Morgan fingerprint density at radius 3 is 2.76 bits per heavy atom. The maximum atomic E-state index is 5.34. The summed E-state index contributed by atoms with van der Waals surface area (Å²) in [7, 11) is 0. The Labute approximate surface area is 116 Å². The van der Waals surface area contributed by atoms with E-state index in [-0.39, 0.29) is 24.9 Å². The summed E-state index contributed by atoms with van der Waals surface area (Å²) in [6.45, 7) is 9.62. The summed E-state index contributed by atoms with van der Waals surface area (Å²) in [5.41, 5.74) is 2.27. The molecule has 1 N–H and O–H groups in total. The largest absolute Gasteiger partial charge is 1.00 e. The van der Waals surface area contributed by atoms with Gasteiger partial charge in [0.05, 0.1) is 6.26 Å². The molecule has 1 heterocycles. The van der Waals surface area contributed by atoms with Crippen LogP contribution in [0.4, 0.5) is 0 Å². The molecule has 0 aliphatic carbocycles. The average molecular weight is 317 g/mol. The SMILES string of the molecule is CCN[CH-]C(C)(C)c1ccc2occc2c1.[Ru+].